The Morgan fingerprint density at radius 3 is 2.15 bits per heavy atom. The number of hydrogen-bond donors (Lipinski definition) is 1. The minimum absolute atomic E-state index is 0.0155. The fraction of sp³-hybridized carbons (Fsp3) is 0.297. The van der Waals surface area contributed by atoms with Gasteiger partial charge in [0.05, 0.1) is 10.6 Å². The highest BCUT2D eigenvalue weighted by Crippen LogP contribution is 2.31. The molecule has 246 valence electrons. The van der Waals surface area contributed by atoms with Crippen LogP contribution in [0.5, 0.6) is 0 Å². The summed E-state index contributed by atoms with van der Waals surface area (Å²) in [5.41, 5.74) is 2.38. The van der Waals surface area contributed by atoms with Crippen molar-refractivity contribution in [1.29, 1.82) is 0 Å². The molecule has 1 N–H and O–H groups in total. The highest BCUT2D eigenvalue weighted by molar-refractivity contribution is 7.92. The fourth-order valence-corrected chi connectivity index (χ4v) is 7.90. The van der Waals surface area contributed by atoms with Crippen LogP contribution < -0.4 is 9.62 Å². The predicted octanol–water partition coefficient (Wildman–Crippen LogP) is 7.59. The second kappa shape index (κ2) is 15.8. The van der Waals surface area contributed by atoms with Gasteiger partial charge in [0.25, 0.3) is 10.0 Å². The molecule has 0 bridgehead atoms. The molecule has 0 spiro atoms. The van der Waals surface area contributed by atoms with Gasteiger partial charge in [-0.3, -0.25) is 13.9 Å². The number of carbonyl (C=O) groups is 2. The summed E-state index contributed by atoms with van der Waals surface area (Å²) in [5.74, 6) is -0.809. The average Bonchev–Trinajstić information content (AvgIpc) is 3.08. The van der Waals surface area contributed by atoms with Crippen molar-refractivity contribution in [3.8, 4) is 0 Å². The van der Waals surface area contributed by atoms with Gasteiger partial charge in [-0.1, -0.05) is 109 Å². The van der Waals surface area contributed by atoms with Crippen LogP contribution in [0.2, 0.25) is 10.0 Å². The summed E-state index contributed by atoms with van der Waals surface area (Å²) in [5, 5.41) is 4.08. The quantitative estimate of drug-likeness (QED) is 0.166. The lowest BCUT2D eigenvalue weighted by Gasteiger charge is -2.35. The Morgan fingerprint density at radius 1 is 0.830 bits per heavy atom. The van der Waals surface area contributed by atoms with Crippen molar-refractivity contribution in [2.75, 3.05) is 10.8 Å². The van der Waals surface area contributed by atoms with Crippen molar-refractivity contribution >= 4 is 50.7 Å². The molecular weight excluding hydrogens is 653 g/mol. The topological polar surface area (TPSA) is 86.8 Å². The van der Waals surface area contributed by atoms with Crippen molar-refractivity contribution in [2.24, 2.45) is 0 Å². The monoisotopic (exact) mass is 691 g/mol. The van der Waals surface area contributed by atoms with Crippen LogP contribution in [-0.2, 0) is 32.6 Å². The number of benzene rings is 4. The van der Waals surface area contributed by atoms with Crippen LogP contribution in [0.25, 0.3) is 0 Å². The maximum Gasteiger partial charge on any atom is 0.264 e. The SMILES string of the molecule is Cc1c(Cl)cccc1N(CC(=O)N(Cc1cccc(Cl)c1)[C@@H](Cc1ccccc1)C(=O)NC1CCCCC1)S(=O)(=O)c1ccccc1. The Labute approximate surface area is 287 Å². The van der Waals surface area contributed by atoms with Gasteiger partial charge < -0.3 is 10.2 Å². The second-order valence-corrected chi connectivity index (χ2v) is 14.6. The molecular formula is C37H39Cl2N3O4S. The normalized spacial score (nSPS) is 14.3. The van der Waals surface area contributed by atoms with Crippen LogP contribution in [0.15, 0.2) is 108 Å². The van der Waals surface area contributed by atoms with Crippen molar-refractivity contribution in [1.82, 2.24) is 10.2 Å². The second-order valence-electron chi connectivity index (χ2n) is 11.9. The van der Waals surface area contributed by atoms with Gasteiger partial charge in [-0.15, -0.1) is 0 Å². The third kappa shape index (κ3) is 8.74. The first-order valence-electron chi connectivity index (χ1n) is 15.8. The highest BCUT2D eigenvalue weighted by Gasteiger charge is 2.36. The standard InChI is InChI=1S/C37H39Cl2N3O4S/c1-27-33(39)21-12-22-34(27)42(47(45,46)32-19-9-4-10-20-32)26-36(43)41(25-29-15-11-16-30(38)23-29)35(24-28-13-5-2-6-14-28)37(44)40-31-17-7-3-8-18-31/h2,4-6,9-16,19-23,31,35H,3,7-8,17-18,24-26H2,1H3,(H,40,44)/t35-/m0/s1. The zero-order valence-electron chi connectivity index (χ0n) is 26.3. The Hall–Kier alpha value is -3.85. The number of sulfonamides is 1. The van der Waals surface area contributed by atoms with Crippen molar-refractivity contribution < 1.29 is 18.0 Å². The van der Waals surface area contributed by atoms with E-state index in [9.17, 15) is 18.0 Å². The summed E-state index contributed by atoms with van der Waals surface area (Å²) < 4.78 is 29.6. The molecule has 1 atom stereocenters. The summed E-state index contributed by atoms with van der Waals surface area (Å²) >= 11 is 12.8. The predicted molar refractivity (Wildman–Crippen MR) is 188 cm³/mol. The van der Waals surface area contributed by atoms with Gasteiger partial charge in [0.1, 0.15) is 12.6 Å². The molecule has 0 aliphatic heterocycles. The molecule has 1 saturated carbocycles. The number of anilines is 1. The molecule has 4 aromatic rings. The molecule has 5 rings (SSSR count). The van der Waals surface area contributed by atoms with Gasteiger partial charge in [-0.05, 0) is 72.9 Å². The first-order chi connectivity index (χ1) is 22.6. The minimum Gasteiger partial charge on any atom is -0.352 e. The molecule has 1 aliphatic rings. The van der Waals surface area contributed by atoms with Gasteiger partial charge in [0.2, 0.25) is 11.8 Å². The van der Waals surface area contributed by atoms with Crippen LogP contribution in [0, 0.1) is 6.92 Å². The van der Waals surface area contributed by atoms with Gasteiger partial charge in [0.15, 0.2) is 0 Å². The van der Waals surface area contributed by atoms with E-state index in [-0.39, 0.29) is 35.5 Å². The highest BCUT2D eigenvalue weighted by atomic mass is 35.5. The van der Waals surface area contributed by atoms with E-state index in [0.717, 1.165) is 42.0 Å². The molecule has 1 aliphatic carbocycles. The van der Waals surface area contributed by atoms with E-state index in [1.54, 1.807) is 61.5 Å². The van der Waals surface area contributed by atoms with Crippen LogP contribution in [-0.4, -0.2) is 43.8 Å². The van der Waals surface area contributed by atoms with Crippen molar-refractivity contribution in [3.05, 3.63) is 130 Å². The zero-order valence-corrected chi connectivity index (χ0v) is 28.6. The van der Waals surface area contributed by atoms with Crippen molar-refractivity contribution in [2.45, 2.75) is 69.0 Å². The zero-order chi connectivity index (χ0) is 33.4. The van der Waals surface area contributed by atoms with Crippen LogP contribution in [0.4, 0.5) is 5.69 Å². The molecule has 0 aromatic heterocycles. The van der Waals surface area contributed by atoms with E-state index in [4.69, 9.17) is 23.2 Å². The number of nitrogens with one attached hydrogen (secondary N) is 1. The Bertz CT molecular complexity index is 1780. The molecule has 47 heavy (non-hydrogen) atoms. The molecule has 4 aromatic carbocycles. The maximum atomic E-state index is 14.7. The molecule has 0 saturated heterocycles. The summed E-state index contributed by atoms with van der Waals surface area (Å²) in [6, 6.07) is 28.7. The third-order valence-corrected chi connectivity index (χ3v) is 11.0. The number of amides is 2. The summed E-state index contributed by atoms with van der Waals surface area (Å²) in [6.07, 6.45) is 5.20. The van der Waals surface area contributed by atoms with E-state index in [1.807, 2.05) is 36.4 Å². The van der Waals surface area contributed by atoms with E-state index in [1.165, 1.54) is 17.0 Å². The number of hydrogen-bond acceptors (Lipinski definition) is 4. The van der Waals surface area contributed by atoms with Crippen LogP contribution in [0.1, 0.15) is 48.8 Å². The van der Waals surface area contributed by atoms with E-state index >= 15 is 0 Å². The summed E-state index contributed by atoms with van der Waals surface area (Å²) in [6.45, 7) is 1.21. The molecule has 2 amide bonds. The molecule has 0 radical (unpaired) electrons. The van der Waals surface area contributed by atoms with Gasteiger partial charge in [-0.2, -0.15) is 0 Å². The largest absolute Gasteiger partial charge is 0.352 e. The average molecular weight is 693 g/mol. The summed E-state index contributed by atoms with van der Waals surface area (Å²) in [7, 11) is -4.22. The smallest absolute Gasteiger partial charge is 0.264 e. The number of carbonyl (C=O) groups excluding carboxylic acids is 2. The molecule has 10 heteroatoms. The lowest BCUT2D eigenvalue weighted by Crippen LogP contribution is -2.55. The molecule has 0 heterocycles. The van der Waals surface area contributed by atoms with E-state index in [0.29, 0.717) is 21.2 Å². The molecule has 7 nitrogen and oxygen atoms in total. The fourth-order valence-electron chi connectivity index (χ4n) is 6.03. The van der Waals surface area contributed by atoms with Crippen LogP contribution >= 0.6 is 23.2 Å². The van der Waals surface area contributed by atoms with Crippen LogP contribution in [0.3, 0.4) is 0 Å². The Kier molecular flexibility index (Phi) is 11.6. The van der Waals surface area contributed by atoms with Crippen molar-refractivity contribution in [3.63, 3.8) is 0 Å². The Balaban J connectivity index is 1.58. The maximum absolute atomic E-state index is 14.7. The summed E-state index contributed by atoms with van der Waals surface area (Å²) in [4.78, 5) is 30.4. The van der Waals surface area contributed by atoms with E-state index in [2.05, 4.69) is 5.32 Å². The lowest BCUT2D eigenvalue weighted by atomic mass is 9.94. The molecule has 1 fully saturated rings. The minimum atomic E-state index is -4.22. The Morgan fingerprint density at radius 2 is 1.47 bits per heavy atom. The van der Waals surface area contributed by atoms with E-state index < -0.39 is 28.5 Å². The first kappa shape index (κ1) is 34.5. The third-order valence-electron chi connectivity index (χ3n) is 8.58. The van der Waals surface area contributed by atoms with Gasteiger partial charge in [-0.25, -0.2) is 8.42 Å². The molecule has 0 unspecified atom stereocenters. The van der Waals surface area contributed by atoms with Gasteiger partial charge >= 0.3 is 0 Å². The lowest BCUT2D eigenvalue weighted by molar-refractivity contribution is -0.140. The number of nitrogens with zero attached hydrogens (tertiary/aromatic N) is 2. The first-order valence-corrected chi connectivity index (χ1v) is 18.0. The number of rotatable bonds is 12. The van der Waals surface area contributed by atoms with Gasteiger partial charge in [0, 0.05) is 29.1 Å². The number of halogens is 2.